The van der Waals surface area contributed by atoms with E-state index in [1.807, 2.05) is 6.08 Å². The van der Waals surface area contributed by atoms with Crippen LogP contribution in [0.3, 0.4) is 0 Å². The zero-order valence-electron chi connectivity index (χ0n) is 10.2. The van der Waals surface area contributed by atoms with Gasteiger partial charge in [-0.25, -0.2) is 0 Å². The zero-order valence-corrected chi connectivity index (χ0v) is 11.8. The van der Waals surface area contributed by atoms with Gasteiger partial charge in [0, 0.05) is 4.48 Å². The molecule has 16 heavy (non-hydrogen) atoms. The van der Waals surface area contributed by atoms with Crippen LogP contribution in [0.4, 0.5) is 0 Å². The average Bonchev–Trinajstić information content (AvgIpc) is 2.16. The quantitative estimate of drug-likeness (QED) is 0.422. The lowest BCUT2D eigenvalue weighted by molar-refractivity contribution is -0.104. The molecule has 0 saturated heterocycles. The van der Waals surface area contributed by atoms with Gasteiger partial charge in [0.1, 0.15) is 6.29 Å². The van der Waals surface area contributed by atoms with Crippen LogP contribution in [0.5, 0.6) is 0 Å². The maximum absolute atomic E-state index is 10.3. The number of aldehydes is 1. The molecule has 0 aromatic rings. The largest absolute Gasteiger partial charge is 0.299 e. The maximum atomic E-state index is 10.3. The van der Waals surface area contributed by atoms with Gasteiger partial charge in [0.25, 0.3) is 0 Å². The van der Waals surface area contributed by atoms with E-state index in [-0.39, 0.29) is 5.41 Å². The van der Waals surface area contributed by atoms with Crippen molar-refractivity contribution in [3.05, 3.63) is 33.9 Å². The zero-order chi connectivity index (χ0) is 12.2. The van der Waals surface area contributed by atoms with Crippen LogP contribution >= 0.6 is 15.9 Å². The number of rotatable bonds is 3. The summed E-state index contributed by atoms with van der Waals surface area (Å²) < 4.78 is 0.823. The Morgan fingerprint density at radius 2 is 2.12 bits per heavy atom. The molecule has 0 heterocycles. The molecule has 0 aliphatic heterocycles. The van der Waals surface area contributed by atoms with Crippen LogP contribution in [0, 0.1) is 5.41 Å². The first-order valence-electron chi connectivity index (χ1n) is 5.66. The highest BCUT2D eigenvalue weighted by atomic mass is 79.9. The average molecular weight is 283 g/mol. The van der Waals surface area contributed by atoms with E-state index < -0.39 is 0 Å². The third-order valence-electron chi connectivity index (χ3n) is 3.18. The SMILES string of the molecule is CC1=C(/C=C/C(Br)=C/C=O)C(C)(C)CCC1. The fraction of sp³-hybridized carbons (Fsp3) is 0.500. The molecule has 0 spiro atoms. The molecule has 0 bridgehead atoms. The summed E-state index contributed by atoms with van der Waals surface area (Å²) in [7, 11) is 0. The lowest BCUT2D eigenvalue weighted by Gasteiger charge is -2.32. The molecule has 1 rings (SSSR count). The number of carbonyl (C=O) groups is 1. The van der Waals surface area contributed by atoms with E-state index in [1.54, 1.807) is 0 Å². The minimum absolute atomic E-state index is 0.257. The van der Waals surface area contributed by atoms with E-state index in [0.29, 0.717) is 0 Å². The minimum Gasteiger partial charge on any atom is -0.299 e. The Hall–Kier alpha value is -0.630. The van der Waals surface area contributed by atoms with Gasteiger partial charge >= 0.3 is 0 Å². The van der Waals surface area contributed by atoms with Crippen LogP contribution in [-0.4, -0.2) is 6.29 Å². The van der Waals surface area contributed by atoms with Crippen LogP contribution in [0.25, 0.3) is 0 Å². The molecule has 0 aromatic heterocycles. The van der Waals surface area contributed by atoms with Crippen LogP contribution in [0.2, 0.25) is 0 Å². The van der Waals surface area contributed by atoms with Crippen molar-refractivity contribution < 1.29 is 4.79 Å². The van der Waals surface area contributed by atoms with Gasteiger partial charge in [-0.3, -0.25) is 4.79 Å². The summed E-state index contributed by atoms with van der Waals surface area (Å²) in [6.45, 7) is 6.78. The van der Waals surface area contributed by atoms with Crippen molar-refractivity contribution in [2.24, 2.45) is 5.41 Å². The van der Waals surface area contributed by atoms with Gasteiger partial charge in [-0.15, -0.1) is 0 Å². The smallest absolute Gasteiger partial charge is 0.143 e. The second-order valence-electron chi connectivity index (χ2n) is 4.95. The summed E-state index contributed by atoms with van der Waals surface area (Å²) in [6.07, 6.45) is 10.1. The van der Waals surface area contributed by atoms with Gasteiger partial charge in [-0.05, 0) is 49.3 Å². The third-order valence-corrected chi connectivity index (χ3v) is 3.71. The van der Waals surface area contributed by atoms with Gasteiger partial charge < -0.3 is 0 Å². The highest BCUT2D eigenvalue weighted by Gasteiger charge is 2.26. The highest BCUT2D eigenvalue weighted by Crippen LogP contribution is 2.40. The van der Waals surface area contributed by atoms with Crippen molar-refractivity contribution in [3.63, 3.8) is 0 Å². The van der Waals surface area contributed by atoms with Crippen LogP contribution < -0.4 is 0 Å². The molecule has 0 fully saturated rings. The molecule has 0 amide bonds. The Labute approximate surface area is 106 Å². The normalized spacial score (nSPS) is 21.6. The Morgan fingerprint density at radius 1 is 1.44 bits per heavy atom. The van der Waals surface area contributed by atoms with Crippen molar-refractivity contribution in [1.29, 1.82) is 0 Å². The Balaban J connectivity index is 2.93. The number of allylic oxidation sites excluding steroid dienone is 6. The molecule has 88 valence electrons. The Morgan fingerprint density at radius 3 is 2.69 bits per heavy atom. The molecule has 0 radical (unpaired) electrons. The fourth-order valence-electron chi connectivity index (χ4n) is 2.29. The van der Waals surface area contributed by atoms with Gasteiger partial charge in [0.15, 0.2) is 0 Å². The van der Waals surface area contributed by atoms with E-state index in [9.17, 15) is 4.79 Å². The van der Waals surface area contributed by atoms with Gasteiger partial charge in [-0.1, -0.05) is 41.4 Å². The molecule has 0 aromatic carbocycles. The summed E-state index contributed by atoms with van der Waals surface area (Å²) >= 11 is 3.34. The monoisotopic (exact) mass is 282 g/mol. The molecular formula is C14H19BrO. The summed E-state index contributed by atoms with van der Waals surface area (Å²) in [5, 5.41) is 0. The second kappa shape index (κ2) is 5.62. The van der Waals surface area contributed by atoms with E-state index in [1.165, 1.54) is 36.5 Å². The van der Waals surface area contributed by atoms with Gasteiger partial charge in [-0.2, -0.15) is 0 Å². The first-order valence-corrected chi connectivity index (χ1v) is 6.46. The van der Waals surface area contributed by atoms with Crippen molar-refractivity contribution in [1.82, 2.24) is 0 Å². The van der Waals surface area contributed by atoms with Crippen molar-refractivity contribution >= 4 is 22.2 Å². The summed E-state index contributed by atoms with van der Waals surface area (Å²) in [4.78, 5) is 10.3. The summed E-state index contributed by atoms with van der Waals surface area (Å²) in [5.74, 6) is 0. The number of halogens is 1. The molecule has 1 nitrogen and oxygen atoms in total. The predicted octanol–water partition coefficient (Wildman–Crippen LogP) is 4.55. The lowest BCUT2D eigenvalue weighted by atomic mass is 9.73. The first kappa shape index (κ1) is 13.4. The van der Waals surface area contributed by atoms with Crippen molar-refractivity contribution in [2.75, 3.05) is 0 Å². The first-order chi connectivity index (χ1) is 7.47. The fourth-order valence-corrected chi connectivity index (χ4v) is 2.53. The van der Waals surface area contributed by atoms with Crippen molar-refractivity contribution in [2.45, 2.75) is 40.0 Å². The van der Waals surface area contributed by atoms with E-state index in [2.05, 4.69) is 42.8 Å². The van der Waals surface area contributed by atoms with Crippen LogP contribution in [0.1, 0.15) is 40.0 Å². The van der Waals surface area contributed by atoms with E-state index in [0.717, 1.165) is 10.8 Å². The van der Waals surface area contributed by atoms with Crippen LogP contribution in [-0.2, 0) is 4.79 Å². The summed E-state index contributed by atoms with van der Waals surface area (Å²) in [6, 6.07) is 0. The topological polar surface area (TPSA) is 17.1 Å². The maximum Gasteiger partial charge on any atom is 0.143 e. The molecule has 0 N–H and O–H groups in total. The lowest BCUT2D eigenvalue weighted by Crippen LogP contribution is -2.18. The molecule has 1 aliphatic rings. The molecule has 0 atom stereocenters. The minimum atomic E-state index is 0.257. The predicted molar refractivity (Wildman–Crippen MR) is 72.5 cm³/mol. The molecule has 1 aliphatic carbocycles. The molecule has 2 heteroatoms. The standard InChI is InChI=1S/C14H19BrO/c1-11-5-4-9-14(2,3)13(11)7-6-12(15)8-10-16/h6-8,10H,4-5,9H2,1-3H3/b7-6+,12-8-. The van der Waals surface area contributed by atoms with Crippen molar-refractivity contribution in [3.8, 4) is 0 Å². The molecule has 0 unspecified atom stereocenters. The Bertz CT molecular complexity index is 359. The molecule has 0 saturated carbocycles. The highest BCUT2D eigenvalue weighted by molar-refractivity contribution is 9.11. The number of hydrogen-bond acceptors (Lipinski definition) is 1. The third kappa shape index (κ3) is 3.44. The second-order valence-corrected chi connectivity index (χ2v) is 5.87. The Kier molecular flexibility index (Phi) is 4.72. The number of hydrogen-bond donors (Lipinski definition) is 0. The van der Waals surface area contributed by atoms with E-state index >= 15 is 0 Å². The summed E-state index contributed by atoms with van der Waals surface area (Å²) in [5.41, 5.74) is 3.14. The van der Waals surface area contributed by atoms with Gasteiger partial charge in [0.2, 0.25) is 0 Å². The van der Waals surface area contributed by atoms with E-state index in [4.69, 9.17) is 0 Å². The molecular weight excluding hydrogens is 264 g/mol. The number of carbonyl (C=O) groups excluding carboxylic acids is 1. The van der Waals surface area contributed by atoms with Gasteiger partial charge in [0.05, 0.1) is 0 Å². The van der Waals surface area contributed by atoms with Crippen LogP contribution in [0.15, 0.2) is 33.9 Å².